The summed E-state index contributed by atoms with van der Waals surface area (Å²) < 4.78 is 0. The molecule has 236 valence electrons. The van der Waals surface area contributed by atoms with Gasteiger partial charge in [-0.1, -0.05) is 127 Å². The number of hydrogen-bond donors (Lipinski definition) is 0. The standard InChI is InChI=1S/C44H33N5.Zn/c1-3-28-49(29-4-2)44-39-26-24-37(47-39)42(31-16-10-6-11-17-31)35-22-20-33(45-35)41(30-14-8-5-9-15-30)34-21-23-36(46-34)43(32-18-12-7-13-19-32)38-25-27-40(44)48-38;/h3-27H,1-2,28-29H2;/q-2;+2. The molecule has 8 bridgehead atoms. The molecule has 2 aliphatic rings. The van der Waals surface area contributed by atoms with Crippen LogP contribution < -0.4 is 14.9 Å². The quantitative estimate of drug-likeness (QED) is 0.117. The molecule has 50 heavy (non-hydrogen) atoms. The molecule has 6 aromatic rings. The van der Waals surface area contributed by atoms with Crippen LogP contribution in [0.4, 0.5) is 5.69 Å². The minimum Gasteiger partial charge on any atom is -0.657 e. The van der Waals surface area contributed by atoms with Crippen LogP contribution >= 0.6 is 0 Å². The minimum atomic E-state index is 0. The van der Waals surface area contributed by atoms with Crippen LogP contribution in [-0.4, -0.2) is 23.1 Å². The van der Waals surface area contributed by atoms with Crippen molar-refractivity contribution < 1.29 is 19.5 Å². The van der Waals surface area contributed by atoms with Crippen LogP contribution in [0.1, 0.15) is 22.8 Å². The molecule has 0 saturated heterocycles. The zero-order valence-electron chi connectivity index (χ0n) is 27.7. The van der Waals surface area contributed by atoms with Crippen molar-refractivity contribution in [3.63, 3.8) is 0 Å². The normalized spacial score (nSPS) is 11.6. The second-order valence-corrected chi connectivity index (χ2v) is 11.9. The van der Waals surface area contributed by atoms with E-state index < -0.39 is 0 Å². The molecule has 6 heteroatoms. The maximum atomic E-state index is 5.31. The van der Waals surface area contributed by atoms with E-state index in [0.29, 0.717) is 13.1 Å². The molecule has 0 spiro atoms. The summed E-state index contributed by atoms with van der Waals surface area (Å²) in [6.45, 7) is 9.32. The SMILES string of the molecule is C=CCN(CC=C)c1c2nc(c(-c3ccccc3)c3ccc([n-]3)c(-c3ccccc3)c3nc(c(-c4ccccc4)c4ccc1[n-]4)C=C3)C=C2.[Zn+2]. The first kappa shape index (κ1) is 32.7. The molecule has 3 aromatic heterocycles. The molecule has 8 rings (SSSR count). The molecule has 5 heterocycles. The number of nitrogens with zero attached hydrogens (tertiary/aromatic N) is 5. The van der Waals surface area contributed by atoms with Gasteiger partial charge in [-0.2, -0.15) is 0 Å². The van der Waals surface area contributed by atoms with E-state index in [9.17, 15) is 0 Å². The van der Waals surface area contributed by atoms with Crippen LogP contribution in [0.15, 0.2) is 141 Å². The summed E-state index contributed by atoms with van der Waals surface area (Å²) in [5, 5.41) is 0. The number of aromatic nitrogens is 4. The number of benzene rings is 3. The summed E-state index contributed by atoms with van der Waals surface area (Å²) in [5.74, 6) is 0. The van der Waals surface area contributed by atoms with E-state index in [1.165, 1.54) is 0 Å². The molecule has 0 fully saturated rings. The topological polar surface area (TPSA) is 57.2 Å². The van der Waals surface area contributed by atoms with Crippen LogP contribution in [0.5, 0.6) is 0 Å². The minimum absolute atomic E-state index is 0. The van der Waals surface area contributed by atoms with E-state index in [2.05, 4.69) is 139 Å². The van der Waals surface area contributed by atoms with Gasteiger partial charge in [0.2, 0.25) is 0 Å². The second-order valence-electron chi connectivity index (χ2n) is 11.9. The van der Waals surface area contributed by atoms with Crippen molar-refractivity contribution >= 4 is 52.1 Å². The number of hydrogen-bond acceptors (Lipinski definition) is 3. The Morgan fingerprint density at radius 1 is 0.460 bits per heavy atom. The predicted molar refractivity (Wildman–Crippen MR) is 206 cm³/mol. The third kappa shape index (κ3) is 6.11. The Bertz CT molecular complexity index is 2370. The van der Waals surface area contributed by atoms with Crippen molar-refractivity contribution in [2.75, 3.05) is 18.0 Å². The molecule has 0 amide bonds. The maximum absolute atomic E-state index is 5.31. The largest absolute Gasteiger partial charge is 2.00 e. The van der Waals surface area contributed by atoms with Gasteiger partial charge in [0.15, 0.2) is 0 Å². The van der Waals surface area contributed by atoms with Crippen molar-refractivity contribution in [1.29, 1.82) is 0 Å². The zero-order chi connectivity index (χ0) is 33.2. The fraction of sp³-hybridized carbons (Fsp3) is 0.0455. The van der Waals surface area contributed by atoms with Gasteiger partial charge in [0.1, 0.15) is 0 Å². The summed E-state index contributed by atoms with van der Waals surface area (Å²) in [4.78, 5) is 23.4. The zero-order valence-corrected chi connectivity index (χ0v) is 30.7. The van der Waals surface area contributed by atoms with Gasteiger partial charge in [0.05, 0.1) is 22.8 Å². The van der Waals surface area contributed by atoms with Gasteiger partial charge >= 0.3 is 19.5 Å². The van der Waals surface area contributed by atoms with Crippen LogP contribution in [0.2, 0.25) is 0 Å². The van der Waals surface area contributed by atoms with Gasteiger partial charge < -0.3 is 14.9 Å². The Hall–Kier alpha value is -5.84. The van der Waals surface area contributed by atoms with Crippen LogP contribution in [-0.2, 0) is 19.5 Å². The first-order valence-corrected chi connectivity index (χ1v) is 16.4. The van der Waals surface area contributed by atoms with Gasteiger partial charge in [0.25, 0.3) is 0 Å². The van der Waals surface area contributed by atoms with Gasteiger partial charge in [0, 0.05) is 18.8 Å². The summed E-state index contributed by atoms with van der Waals surface area (Å²) in [6, 6.07) is 39.4. The van der Waals surface area contributed by atoms with E-state index in [4.69, 9.17) is 19.9 Å². The Morgan fingerprint density at radius 3 is 1.20 bits per heavy atom. The maximum Gasteiger partial charge on any atom is 2.00 e. The molecule has 0 saturated carbocycles. The van der Waals surface area contributed by atoms with Crippen LogP contribution in [0.25, 0.3) is 79.8 Å². The fourth-order valence-corrected chi connectivity index (χ4v) is 6.67. The third-order valence-electron chi connectivity index (χ3n) is 8.78. The average molecular weight is 697 g/mol. The van der Waals surface area contributed by atoms with Gasteiger partial charge in [-0.05, 0) is 57.7 Å². The molecule has 2 aliphatic heterocycles. The molecular formula is C44H33N5Zn. The third-order valence-corrected chi connectivity index (χ3v) is 8.78. The smallest absolute Gasteiger partial charge is 0.657 e. The Morgan fingerprint density at radius 2 is 0.800 bits per heavy atom. The van der Waals surface area contributed by atoms with Gasteiger partial charge in [-0.3, -0.25) is 0 Å². The second kappa shape index (κ2) is 14.3. The van der Waals surface area contributed by atoms with Crippen molar-refractivity contribution in [2.45, 2.75) is 0 Å². The molecular weight excluding hydrogens is 664 g/mol. The summed E-state index contributed by atoms with van der Waals surface area (Å²) in [7, 11) is 0. The van der Waals surface area contributed by atoms with Crippen molar-refractivity contribution in [2.24, 2.45) is 0 Å². The molecule has 0 radical (unpaired) electrons. The first-order chi connectivity index (χ1) is 24.2. The number of anilines is 1. The Balaban J connectivity index is 0.00000392. The summed E-state index contributed by atoms with van der Waals surface area (Å²) in [5.41, 5.74) is 13.6. The molecule has 0 aliphatic carbocycles. The Labute approximate surface area is 304 Å². The fourth-order valence-electron chi connectivity index (χ4n) is 6.67. The number of fused-ring (bicyclic) bond motifs is 8. The van der Waals surface area contributed by atoms with Crippen molar-refractivity contribution in [1.82, 2.24) is 19.9 Å². The van der Waals surface area contributed by atoms with Gasteiger partial charge in [-0.15, -0.1) is 35.2 Å². The molecule has 5 nitrogen and oxygen atoms in total. The van der Waals surface area contributed by atoms with Crippen molar-refractivity contribution in [3.8, 4) is 33.4 Å². The average Bonchev–Trinajstić information content (AvgIpc) is 3.97. The van der Waals surface area contributed by atoms with E-state index in [0.717, 1.165) is 83.9 Å². The van der Waals surface area contributed by atoms with E-state index in [1.807, 2.05) is 30.4 Å². The van der Waals surface area contributed by atoms with E-state index in [-0.39, 0.29) is 19.5 Å². The Kier molecular flexibility index (Phi) is 9.37. The van der Waals surface area contributed by atoms with Crippen molar-refractivity contribution in [3.05, 3.63) is 163 Å². The molecule has 0 atom stereocenters. The molecule has 3 aromatic carbocycles. The van der Waals surface area contributed by atoms with Crippen LogP contribution in [0, 0.1) is 0 Å². The molecule has 0 N–H and O–H groups in total. The van der Waals surface area contributed by atoms with Gasteiger partial charge in [-0.25, -0.2) is 9.97 Å². The summed E-state index contributed by atoms with van der Waals surface area (Å²) >= 11 is 0. The predicted octanol–water partition coefficient (Wildman–Crippen LogP) is 10.1. The first-order valence-electron chi connectivity index (χ1n) is 16.4. The summed E-state index contributed by atoms with van der Waals surface area (Å²) in [6.07, 6.45) is 12.2. The molecule has 0 unspecified atom stereocenters. The number of rotatable bonds is 8. The monoisotopic (exact) mass is 695 g/mol. The van der Waals surface area contributed by atoms with E-state index >= 15 is 0 Å². The van der Waals surface area contributed by atoms with Crippen LogP contribution in [0.3, 0.4) is 0 Å². The van der Waals surface area contributed by atoms with E-state index in [1.54, 1.807) is 0 Å².